The molecule has 0 unspecified atom stereocenters. The number of aromatic nitrogens is 1. The molecule has 2 N–H and O–H groups in total. The number of benzene rings is 3. The van der Waals surface area contributed by atoms with E-state index in [1.807, 2.05) is 39.0 Å². The number of ketones is 1. The van der Waals surface area contributed by atoms with Gasteiger partial charge in [0.25, 0.3) is 0 Å². The number of rotatable bonds is 5. The van der Waals surface area contributed by atoms with Crippen LogP contribution in [0, 0.1) is 12.7 Å². The maximum absolute atomic E-state index is 16.0. The Morgan fingerprint density at radius 1 is 1.14 bits per heavy atom. The Morgan fingerprint density at radius 2 is 1.89 bits per heavy atom. The van der Waals surface area contributed by atoms with Crippen LogP contribution in [0.5, 0.6) is 5.75 Å². The number of hydrogen-bond donors (Lipinski definition) is 1. The van der Waals surface area contributed by atoms with Crippen LogP contribution in [-0.4, -0.2) is 28.9 Å². The zero-order valence-electron chi connectivity index (χ0n) is 21.6. The van der Waals surface area contributed by atoms with E-state index in [0.29, 0.717) is 28.6 Å². The van der Waals surface area contributed by atoms with E-state index in [4.69, 9.17) is 20.2 Å². The van der Waals surface area contributed by atoms with E-state index >= 15 is 4.39 Å². The van der Waals surface area contributed by atoms with E-state index in [2.05, 4.69) is 0 Å². The summed E-state index contributed by atoms with van der Waals surface area (Å²) in [5, 5.41) is 1.67. The summed E-state index contributed by atoms with van der Waals surface area (Å²) < 4.78 is 28.2. The van der Waals surface area contributed by atoms with Gasteiger partial charge >= 0.3 is 0 Å². The molecule has 0 radical (unpaired) electrons. The van der Waals surface area contributed by atoms with Crippen LogP contribution in [0.2, 0.25) is 0 Å². The molecule has 190 valence electrons. The van der Waals surface area contributed by atoms with Crippen molar-refractivity contribution >= 4 is 33.4 Å². The van der Waals surface area contributed by atoms with E-state index in [-0.39, 0.29) is 22.3 Å². The third-order valence-electron chi connectivity index (χ3n) is 6.75. The second-order valence-electron chi connectivity index (χ2n) is 10.5. The van der Waals surface area contributed by atoms with E-state index in [0.717, 1.165) is 28.7 Å². The highest BCUT2D eigenvalue weighted by Gasteiger charge is 2.32. The number of nitrogens with zero attached hydrogens (tertiary/aromatic N) is 1. The van der Waals surface area contributed by atoms with Gasteiger partial charge < -0.3 is 15.2 Å². The normalized spacial score (nSPS) is 14.0. The van der Waals surface area contributed by atoms with Crippen molar-refractivity contribution in [2.45, 2.75) is 52.7 Å². The van der Waals surface area contributed by atoms with Crippen molar-refractivity contribution in [1.82, 2.24) is 4.98 Å². The highest BCUT2D eigenvalue weighted by Crippen LogP contribution is 2.46. The Kier molecular flexibility index (Phi) is 5.99. The lowest BCUT2D eigenvalue weighted by molar-refractivity contribution is -0.138. The van der Waals surface area contributed by atoms with Crippen molar-refractivity contribution in [2.24, 2.45) is 5.73 Å². The Hall–Kier alpha value is -3.84. The summed E-state index contributed by atoms with van der Waals surface area (Å²) in [5.41, 5.74) is 8.91. The molecule has 1 aromatic heterocycles. The number of carbonyl (C=O) groups excluding carboxylic acids is 2. The van der Waals surface area contributed by atoms with Crippen molar-refractivity contribution in [3.8, 4) is 16.9 Å². The highest BCUT2D eigenvalue weighted by atomic mass is 19.1. The van der Waals surface area contributed by atoms with Crippen LogP contribution in [0.3, 0.4) is 0 Å². The van der Waals surface area contributed by atoms with Crippen LogP contribution in [-0.2, 0) is 16.0 Å². The van der Waals surface area contributed by atoms with Crippen LogP contribution in [0.15, 0.2) is 42.6 Å². The summed E-state index contributed by atoms with van der Waals surface area (Å²) >= 11 is 0. The zero-order valence-corrected chi connectivity index (χ0v) is 21.6. The van der Waals surface area contributed by atoms with Crippen molar-refractivity contribution in [3.05, 3.63) is 70.7 Å². The smallest absolute Gasteiger partial charge is 0.248 e. The molecule has 4 aromatic rings. The number of amides is 1. The number of nitrogens with two attached hydrogens (primary N) is 1. The van der Waals surface area contributed by atoms with Gasteiger partial charge in [-0.3, -0.25) is 14.6 Å². The highest BCUT2D eigenvalue weighted by molar-refractivity contribution is 6.10. The summed E-state index contributed by atoms with van der Waals surface area (Å²) in [6.45, 7) is 9.23. The molecule has 0 bridgehead atoms. The molecular formula is C30H29FN2O4. The number of pyridine rings is 1. The number of fused-ring (bicyclic) bond motifs is 1. The van der Waals surface area contributed by atoms with Gasteiger partial charge in [-0.2, -0.15) is 0 Å². The molecule has 0 fully saturated rings. The fourth-order valence-electron chi connectivity index (χ4n) is 5.17. The molecule has 6 nitrogen and oxygen atoms in total. The van der Waals surface area contributed by atoms with Gasteiger partial charge in [-0.25, -0.2) is 4.39 Å². The molecule has 3 aromatic carbocycles. The molecule has 0 saturated heterocycles. The molecule has 37 heavy (non-hydrogen) atoms. The average molecular weight is 501 g/mol. The molecule has 1 aliphatic rings. The van der Waals surface area contributed by atoms with Crippen LogP contribution in [0.25, 0.3) is 32.8 Å². The number of hydrogen-bond acceptors (Lipinski definition) is 5. The first-order valence-electron chi connectivity index (χ1n) is 12.3. The maximum Gasteiger partial charge on any atom is 0.248 e. The SMILES string of the molecule is CC(=O)[C@@H](OC(C)(C)C)c1c(C)c(F)c2cc(C(N)=O)ccc2c1-c1ccc2c3c(ccnc13)CCO2. The fraction of sp³-hybridized carbons (Fsp3) is 0.300. The molecule has 1 atom stereocenters. The van der Waals surface area contributed by atoms with Crippen molar-refractivity contribution in [1.29, 1.82) is 0 Å². The Balaban J connectivity index is 1.96. The summed E-state index contributed by atoms with van der Waals surface area (Å²) in [4.78, 5) is 29.7. The number of primary amides is 1. The summed E-state index contributed by atoms with van der Waals surface area (Å²) in [6.07, 6.45) is 1.48. The van der Waals surface area contributed by atoms with Gasteiger partial charge in [0.05, 0.1) is 17.7 Å². The first kappa shape index (κ1) is 24.8. The minimum Gasteiger partial charge on any atom is -0.493 e. The Morgan fingerprint density at radius 3 is 2.57 bits per heavy atom. The van der Waals surface area contributed by atoms with Gasteiger partial charge in [0.1, 0.15) is 17.7 Å². The first-order chi connectivity index (χ1) is 17.5. The molecule has 2 heterocycles. The maximum atomic E-state index is 16.0. The average Bonchev–Trinajstić information content (AvgIpc) is 2.85. The van der Waals surface area contributed by atoms with Crippen LogP contribution in [0.4, 0.5) is 4.39 Å². The zero-order chi connectivity index (χ0) is 26.6. The number of halogens is 1. The van der Waals surface area contributed by atoms with Crippen molar-refractivity contribution in [3.63, 3.8) is 0 Å². The Bertz CT molecular complexity index is 1590. The number of Topliss-reactive ketones (excluding diaryl/α,β-unsaturated/α-hetero) is 1. The van der Waals surface area contributed by atoms with Gasteiger partial charge in [0, 0.05) is 40.1 Å². The minimum atomic E-state index is -1.02. The largest absolute Gasteiger partial charge is 0.493 e. The van der Waals surface area contributed by atoms with Gasteiger partial charge in [-0.15, -0.1) is 0 Å². The Labute approximate surface area is 214 Å². The molecule has 1 amide bonds. The van der Waals surface area contributed by atoms with Crippen molar-refractivity contribution < 1.29 is 23.5 Å². The standard InChI is InChI=1S/C30H29FN2O4/c1-15-23(28(16(2)34)37-30(3,4)5)25(19-7-6-18(29(32)35)14-21(19)26(15)31)20-8-9-22-24-17(11-13-36-22)10-12-33-27(20)24/h6-10,12,14,28H,11,13H2,1-5H3,(H2,32,35)/t28-/m1/s1. The minimum absolute atomic E-state index is 0.196. The van der Waals surface area contributed by atoms with Gasteiger partial charge in [-0.05, 0) is 87.0 Å². The van der Waals surface area contributed by atoms with Crippen LogP contribution >= 0.6 is 0 Å². The molecule has 5 rings (SSSR count). The monoisotopic (exact) mass is 500 g/mol. The summed E-state index contributed by atoms with van der Waals surface area (Å²) in [5.74, 6) is -0.684. The predicted molar refractivity (Wildman–Crippen MR) is 141 cm³/mol. The lowest BCUT2D eigenvalue weighted by Gasteiger charge is -2.30. The summed E-state index contributed by atoms with van der Waals surface area (Å²) in [6, 6.07) is 10.5. The van der Waals surface area contributed by atoms with E-state index < -0.39 is 23.4 Å². The molecule has 0 saturated carbocycles. The lowest BCUT2D eigenvalue weighted by Crippen LogP contribution is -2.27. The number of ether oxygens (including phenoxy) is 2. The van der Waals surface area contributed by atoms with Gasteiger partial charge in [0.2, 0.25) is 5.91 Å². The molecular weight excluding hydrogens is 471 g/mol. The third-order valence-corrected chi connectivity index (χ3v) is 6.75. The molecule has 0 aliphatic carbocycles. The second kappa shape index (κ2) is 8.92. The molecule has 1 aliphatic heterocycles. The van der Waals surface area contributed by atoms with Crippen LogP contribution < -0.4 is 10.5 Å². The van der Waals surface area contributed by atoms with Gasteiger partial charge in [0.15, 0.2) is 5.78 Å². The molecule has 7 heteroatoms. The summed E-state index contributed by atoms with van der Waals surface area (Å²) in [7, 11) is 0. The number of carbonyl (C=O) groups is 2. The van der Waals surface area contributed by atoms with Crippen LogP contribution in [0.1, 0.15) is 60.8 Å². The fourth-order valence-corrected chi connectivity index (χ4v) is 5.17. The molecule has 0 spiro atoms. The van der Waals surface area contributed by atoms with E-state index in [1.54, 1.807) is 25.3 Å². The quantitative estimate of drug-likeness (QED) is 0.364. The third kappa shape index (κ3) is 4.23. The second-order valence-corrected chi connectivity index (χ2v) is 10.5. The van der Waals surface area contributed by atoms with Crippen molar-refractivity contribution in [2.75, 3.05) is 6.61 Å². The van der Waals surface area contributed by atoms with Gasteiger partial charge in [-0.1, -0.05) is 6.07 Å². The van der Waals surface area contributed by atoms with E-state index in [9.17, 15) is 9.59 Å². The predicted octanol–water partition coefficient (Wildman–Crippen LogP) is 5.98. The lowest BCUT2D eigenvalue weighted by atomic mass is 9.84. The first-order valence-corrected chi connectivity index (χ1v) is 12.3. The van der Waals surface area contributed by atoms with E-state index in [1.165, 1.54) is 13.0 Å². The topological polar surface area (TPSA) is 91.5 Å².